The molecular weight excluding hydrogens is 473 g/mol. The van der Waals surface area contributed by atoms with E-state index in [1.165, 1.54) is 0 Å². The van der Waals surface area contributed by atoms with E-state index < -0.39 is 6.04 Å². The van der Waals surface area contributed by atoms with Crippen LogP contribution in [0.4, 0.5) is 0 Å². The number of phenolic OH excluding ortho intramolecular Hbond substituents is 1. The highest BCUT2D eigenvalue weighted by atomic mass is 35.5. The lowest BCUT2D eigenvalue weighted by Gasteiger charge is -2.27. The van der Waals surface area contributed by atoms with Gasteiger partial charge in [0.05, 0.1) is 13.2 Å². The summed E-state index contributed by atoms with van der Waals surface area (Å²) >= 11 is 12.8. The highest BCUT2D eigenvalue weighted by Crippen LogP contribution is 2.46. The molecule has 0 saturated carbocycles. The zero-order chi connectivity index (χ0) is 24.0. The number of amides is 1. The summed E-state index contributed by atoms with van der Waals surface area (Å²) in [6.45, 7) is 2.11. The van der Waals surface area contributed by atoms with Crippen LogP contribution in [-0.2, 0) is 6.54 Å². The fourth-order valence-electron chi connectivity index (χ4n) is 4.39. The van der Waals surface area contributed by atoms with Crippen molar-refractivity contribution in [1.29, 1.82) is 0 Å². The van der Waals surface area contributed by atoms with E-state index in [1.807, 2.05) is 49.4 Å². The van der Waals surface area contributed by atoms with Crippen molar-refractivity contribution in [1.82, 2.24) is 15.1 Å². The number of aromatic nitrogens is 2. The number of ether oxygens (including phenoxy) is 1. The van der Waals surface area contributed by atoms with Crippen LogP contribution in [0.15, 0.2) is 60.7 Å². The van der Waals surface area contributed by atoms with Crippen molar-refractivity contribution in [3.63, 3.8) is 0 Å². The number of halogens is 2. The minimum Gasteiger partial charge on any atom is -0.507 e. The Bertz CT molecular complexity index is 1420. The van der Waals surface area contributed by atoms with Crippen LogP contribution in [-0.4, -0.2) is 33.2 Å². The Morgan fingerprint density at radius 3 is 2.65 bits per heavy atom. The number of aromatic amines is 1. The predicted octanol–water partition coefficient (Wildman–Crippen LogP) is 6.15. The molecule has 0 saturated heterocycles. The number of H-pyrrole nitrogens is 1. The molecule has 1 aliphatic rings. The molecule has 172 valence electrons. The van der Waals surface area contributed by atoms with Crippen LogP contribution in [0.5, 0.6) is 11.5 Å². The van der Waals surface area contributed by atoms with Crippen molar-refractivity contribution in [3.05, 3.63) is 98.7 Å². The summed E-state index contributed by atoms with van der Waals surface area (Å²) in [6, 6.07) is 17.8. The molecule has 5 rings (SSSR count). The Morgan fingerprint density at radius 1 is 1.09 bits per heavy atom. The Kier molecular flexibility index (Phi) is 5.71. The van der Waals surface area contributed by atoms with Gasteiger partial charge < -0.3 is 14.7 Å². The first-order valence-electron chi connectivity index (χ1n) is 10.6. The number of fused-ring (bicyclic) bond motifs is 1. The highest BCUT2D eigenvalue weighted by molar-refractivity contribution is 6.32. The molecule has 0 fully saturated rings. The Labute approximate surface area is 206 Å². The maximum Gasteiger partial charge on any atom is 0.273 e. The molecule has 1 unspecified atom stereocenters. The van der Waals surface area contributed by atoms with E-state index >= 15 is 0 Å². The van der Waals surface area contributed by atoms with Crippen LogP contribution < -0.4 is 4.74 Å². The molecule has 0 radical (unpaired) electrons. The normalized spacial score (nSPS) is 15.0. The average Bonchev–Trinajstić information content (AvgIpc) is 3.37. The molecule has 2 heterocycles. The third kappa shape index (κ3) is 3.69. The maximum absolute atomic E-state index is 13.6. The minimum atomic E-state index is -0.484. The van der Waals surface area contributed by atoms with Crippen molar-refractivity contribution >= 4 is 29.1 Å². The first kappa shape index (κ1) is 22.3. The second kappa shape index (κ2) is 8.70. The number of phenols is 1. The summed E-state index contributed by atoms with van der Waals surface area (Å²) in [5, 5.41) is 19.1. The number of hydrogen-bond donors (Lipinski definition) is 2. The number of hydrogen-bond acceptors (Lipinski definition) is 4. The SMILES string of the molecule is COc1cccc(C2c3c(-c4cc(Cl)c(C)cc4O)n[nH]c3C(=O)N2Cc2ccccc2Cl)c1. The van der Waals surface area contributed by atoms with Gasteiger partial charge in [-0.3, -0.25) is 9.89 Å². The number of aromatic hydroxyl groups is 1. The number of rotatable bonds is 5. The number of aryl methyl sites for hydroxylation is 1. The molecule has 8 heteroatoms. The molecule has 4 aromatic rings. The van der Waals surface area contributed by atoms with Gasteiger partial charge >= 0.3 is 0 Å². The number of nitrogens with one attached hydrogen (secondary N) is 1. The van der Waals surface area contributed by atoms with E-state index in [0.29, 0.717) is 44.9 Å². The van der Waals surface area contributed by atoms with E-state index in [1.54, 1.807) is 30.2 Å². The van der Waals surface area contributed by atoms with E-state index in [2.05, 4.69) is 10.2 Å². The van der Waals surface area contributed by atoms with Gasteiger partial charge in [-0.25, -0.2) is 0 Å². The summed E-state index contributed by atoms with van der Waals surface area (Å²) in [5.41, 5.74) is 4.37. The minimum absolute atomic E-state index is 0.0394. The van der Waals surface area contributed by atoms with Gasteiger partial charge in [0.2, 0.25) is 0 Å². The lowest BCUT2D eigenvalue weighted by molar-refractivity contribution is 0.0730. The quantitative estimate of drug-likeness (QED) is 0.349. The monoisotopic (exact) mass is 493 g/mol. The van der Waals surface area contributed by atoms with Gasteiger partial charge in [-0.2, -0.15) is 5.10 Å². The number of carbonyl (C=O) groups is 1. The van der Waals surface area contributed by atoms with Crippen molar-refractivity contribution in [2.75, 3.05) is 7.11 Å². The lowest BCUT2D eigenvalue weighted by Crippen LogP contribution is -2.29. The summed E-state index contributed by atoms with van der Waals surface area (Å²) in [7, 11) is 1.60. The standard InChI is InChI=1S/C26H21Cl2N3O3/c1-14-10-21(32)18(12-20(14)28)23-22-24(30-29-23)26(33)31(13-16-6-3-4-9-19(16)27)25(22)15-7-5-8-17(11-15)34-2/h3-12,25,32H,13H2,1-2H3,(H,29,30). The molecule has 3 aromatic carbocycles. The third-order valence-corrected chi connectivity index (χ3v) is 6.88. The van der Waals surface area contributed by atoms with Crippen molar-refractivity contribution in [2.24, 2.45) is 0 Å². The summed E-state index contributed by atoms with van der Waals surface area (Å²) in [5.74, 6) is 0.499. The van der Waals surface area contributed by atoms with E-state index in [0.717, 1.165) is 16.7 Å². The Hall–Kier alpha value is -3.48. The molecular formula is C26H21Cl2N3O3. The van der Waals surface area contributed by atoms with Crippen molar-refractivity contribution in [2.45, 2.75) is 19.5 Å². The Balaban J connectivity index is 1.70. The molecule has 0 spiro atoms. The van der Waals surface area contributed by atoms with Gasteiger partial charge in [0.1, 0.15) is 22.9 Å². The van der Waals surface area contributed by atoms with Crippen LogP contribution in [0.3, 0.4) is 0 Å². The first-order valence-corrected chi connectivity index (χ1v) is 11.4. The molecule has 1 atom stereocenters. The number of nitrogens with zero attached hydrogens (tertiary/aromatic N) is 2. The molecule has 34 heavy (non-hydrogen) atoms. The van der Waals surface area contributed by atoms with E-state index in [9.17, 15) is 9.90 Å². The van der Waals surface area contributed by atoms with Crippen LogP contribution in [0.2, 0.25) is 10.0 Å². The van der Waals surface area contributed by atoms with Gasteiger partial charge in [-0.05, 0) is 53.9 Å². The zero-order valence-electron chi connectivity index (χ0n) is 18.5. The number of benzene rings is 3. The fourth-order valence-corrected chi connectivity index (χ4v) is 4.75. The smallest absolute Gasteiger partial charge is 0.273 e. The van der Waals surface area contributed by atoms with Gasteiger partial charge in [-0.1, -0.05) is 53.5 Å². The number of carbonyl (C=O) groups excluding carboxylic acids is 1. The zero-order valence-corrected chi connectivity index (χ0v) is 20.0. The fraction of sp³-hybridized carbons (Fsp3) is 0.154. The van der Waals surface area contributed by atoms with Crippen LogP contribution >= 0.6 is 23.2 Å². The van der Waals surface area contributed by atoms with Gasteiger partial charge in [0.15, 0.2) is 0 Å². The van der Waals surface area contributed by atoms with Gasteiger partial charge in [-0.15, -0.1) is 0 Å². The molecule has 2 N–H and O–H groups in total. The van der Waals surface area contributed by atoms with E-state index in [-0.39, 0.29) is 11.7 Å². The molecule has 0 bridgehead atoms. The lowest BCUT2D eigenvalue weighted by atomic mass is 9.95. The molecule has 1 amide bonds. The largest absolute Gasteiger partial charge is 0.507 e. The topological polar surface area (TPSA) is 78.5 Å². The van der Waals surface area contributed by atoms with Crippen molar-refractivity contribution < 1.29 is 14.6 Å². The predicted molar refractivity (Wildman–Crippen MR) is 132 cm³/mol. The molecule has 1 aliphatic heterocycles. The summed E-state index contributed by atoms with van der Waals surface area (Å²) in [4.78, 5) is 15.3. The second-order valence-corrected chi connectivity index (χ2v) is 9.00. The molecule has 1 aromatic heterocycles. The third-order valence-electron chi connectivity index (χ3n) is 6.10. The maximum atomic E-state index is 13.6. The van der Waals surface area contributed by atoms with Gasteiger partial charge in [0, 0.05) is 27.7 Å². The highest BCUT2D eigenvalue weighted by Gasteiger charge is 2.42. The van der Waals surface area contributed by atoms with E-state index in [4.69, 9.17) is 27.9 Å². The van der Waals surface area contributed by atoms with Crippen LogP contribution in [0.25, 0.3) is 11.3 Å². The van der Waals surface area contributed by atoms with Crippen LogP contribution in [0.1, 0.15) is 38.8 Å². The van der Waals surface area contributed by atoms with Crippen LogP contribution in [0, 0.1) is 6.92 Å². The molecule has 6 nitrogen and oxygen atoms in total. The number of methoxy groups -OCH3 is 1. The van der Waals surface area contributed by atoms with Crippen molar-refractivity contribution in [3.8, 4) is 22.8 Å². The summed E-state index contributed by atoms with van der Waals surface area (Å²) < 4.78 is 5.44. The first-order chi connectivity index (χ1) is 16.4. The second-order valence-electron chi connectivity index (χ2n) is 8.18. The average molecular weight is 494 g/mol. The summed E-state index contributed by atoms with van der Waals surface area (Å²) in [6.07, 6.45) is 0. The van der Waals surface area contributed by atoms with Gasteiger partial charge in [0.25, 0.3) is 5.91 Å². The molecule has 0 aliphatic carbocycles. The Morgan fingerprint density at radius 2 is 1.88 bits per heavy atom.